The number of hydrogen-bond donors (Lipinski definition) is 1. The lowest BCUT2D eigenvalue weighted by molar-refractivity contribution is -0.130. The zero-order valence-corrected chi connectivity index (χ0v) is 22.2. The number of para-hydroxylation sites is 1. The Kier molecular flexibility index (Phi) is 6.81. The Bertz CT molecular complexity index is 1510. The summed E-state index contributed by atoms with van der Waals surface area (Å²) in [6.07, 6.45) is 0. The van der Waals surface area contributed by atoms with Crippen LogP contribution in [0.15, 0.2) is 88.5 Å². The third kappa shape index (κ3) is 4.47. The van der Waals surface area contributed by atoms with Gasteiger partial charge in [0.05, 0.1) is 11.6 Å². The van der Waals surface area contributed by atoms with Crippen LogP contribution < -0.4 is 4.90 Å². The van der Waals surface area contributed by atoms with Crippen molar-refractivity contribution in [3.63, 3.8) is 0 Å². The Morgan fingerprint density at radius 3 is 2.37 bits per heavy atom. The number of carbonyl (C=O) groups is 2. The number of fused-ring (bicyclic) bond motifs is 1. The van der Waals surface area contributed by atoms with Gasteiger partial charge in [0.1, 0.15) is 5.58 Å². The van der Waals surface area contributed by atoms with Gasteiger partial charge in [-0.05, 0) is 68.7 Å². The number of nitrogens with zero attached hydrogens (tertiary/aromatic N) is 2. The van der Waals surface area contributed by atoms with Crippen LogP contribution in [0, 0.1) is 13.8 Å². The van der Waals surface area contributed by atoms with Gasteiger partial charge in [-0.2, -0.15) is 0 Å². The van der Waals surface area contributed by atoms with Gasteiger partial charge in [-0.1, -0.05) is 54.1 Å². The number of hydrogen-bond acceptors (Lipinski definition) is 5. The maximum atomic E-state index is 13.8. The molecule has 0 radical (unpaired) electrons. The molecule has 1 aliphatic rings. The van der Waals surface area contributed by atoms with Crippen molar-refractivity contribution >= 4 is 28.3 Å². The first-order chi connectivity index (χ1) is 18.3. The second-order valence-corrected chi connectivity index (χ2v) is 9.77. The fourth-order valence-electron chi connectivity index (χ4n) is 5.23. The van der Waals surface area contributed by atoms with Crippen LogP contribution in [-0.2, 0) is 11.3 Å². The molecule has 2 heterocycles. The first-order valence-corrected chi connectivity index (χ1v) is 13.0. The first kappa shape index (κ1) is 25.3. The number of aryl methyl sites for hydroxylation is 2. The molecular weight excluding hydrogens is 476 g/mol. The number of aliphatic hydroxyl groups excluding tert-OH is 1. The molecule has 1 aliphatic heterocycles. The number of rotatable bonds is 8. The van der Waals surface area contributed by atoms with E-state index in [4.69, 9.17) is 4.42 Å². The molecule has 0 aliphatic carbocycles. The molecule has 0 spiro atoms. The lowest BCUT2D eigenvalue weighted by atomic mass is 9.94. The normalized spacial score (nSPS) is 15.5. The zero-order valence-electron chi connectivity index (χ0n) is 22.2. The van der Waals surface area contributed by atoms with Gasteiger partial charge in [0.15, 0.2) is 11.5 Å². The second-order valence-electron chi connectivity index (χ2n) is 9.77. The number of Topliss-reactive ketones (excluding diaryl/α,β-unsaturated/α-hetero) is 1. The van der Waals surface area contributed by atoms with Crippen LogP contribution in [0.2, 0.25) is 0 Å². The summed E-state index contributed by atoms with van der Waals surface area (Å²) in [4.78, 5) is 31.2. The minimum atomic E-state index is -0.756. The van der Waals surface area contributed by atoms with Crippen molar-refractivity contribution in [1.29, 1.82) is 0 Å². The molecule has 5 rings (SSSR count). The van der Waals surface area contributed by atoms with E-state index in [0.717, 1.165) is 46.4 Å². The van der Waals surface area contributed by atoms with Gasteiger partial charge in [0.2, 0.25) is 5.78 Å². The fraction of sp³-hybridized carbons (Fsp3) is 0.250. The largest absolute Gasteiger partial charge is 0.503 e. The van der Waals surface area contributed by atoms with Gasteiger partial charge in [-0.15, -0.1) is 0 Å². The van der Waals surface area contributed by atoms with Crippen molar-refractivity contribution in [3.05, 3.63) is 112 Å². The highest BCUT2D eigenvalue weighted by atomic mass is 16.3. The van der Waals surface area contributed by atoms with Crippen LogP contribution in [0.5, 0.6) is 0 Å². The van der Waals surface area contributed by atoms with Gasteiger partial charge in [-0.25, -0.2) is 0 Å². The number of amides is 1. The van der Waals surface area contributed by atoms with Gasteiger partial charge < -0.3 is 19.3 Å². The lowest BCUT2D eigenvalue weighted by Crippen LogP contribution is -2.31. The summed E-state index contributed by atoms with van der Waals surface area (Å²) >= 11 is 0. The molecule has 1 atom stereocenters. The minimum absolute atomic E-state index is 0.0370. The molecule has 0 fully saturated rings. The van der Waals surface area contributed by atoms with Gasteiger partial charge in [0, 0.05) is 30.7 Å². The molecule has 1 aromatic heterocycles. The lowest BCUT2D eigenvalue weighted by Gasteiger charge is -2.28. The summed E-state index contributed by atoms with van der Waals surface area (Å²) in [5, 5.41) is 11.9. The van der Waals surface area contributed by atoms with Gasteiger partial charge in [0.25, 0.3) is 5.91 Å². The molecule has 3 aromatic carbocycles. The topological polar surface area (TPSA) is 74.0 Å². The minimum Gasteiger partial charge on any atom is -0.503 e. The summed E-state index contributed by atoms with van der Waals surface area (Å²) in [5.74, 6) is -1.49. The van der Waals surface area contributed by atoms with Gasteiger partial charge >= 0.3 is 0 Å². The van der Waals surface area contributed by atoms with Crippen LogP contribution >= 0.6 is 0 Å². The van der Waals surface area contributed by atoms with Gasteiger partial charge in [-0.3, -0.25) is 9.59 Å². The maximum absolute atomic E-state index is 13.8. The Balaban J connectivity index is 1.60. The summed E-state index contributed by atoms with van der Waals surface area (Å²) in [6, 6.07) is 22.2. The molecule has 1 unspecified atom stereocenters. The molecule has 1 amide bonds. The molecule has 6 nitrogen and oxygen atoms in total. The Hall–Kier alpha value is -4.32. The Morgan fingerprint density at radius 2 is 1.68 bits per heavy atom. The second kappa shape index (κ2) is 10.2. The number of benzene rings is 3. The average molecular weight is 509 g/mol. The van der Waals surface area contributed by atoms with E-state index in [1.165, 1.54) is 0 Å². The van der Waals surface area contributed by atoms with E-state index in [9.17, 15) is 14.7 Å². The van der Waals surface area contributed by atoms with Crippen molar-refractivity contribution in [2.24, 2.45) is 0 Å². The molecule has 38 heavy (non-hydrogen) atoms. The monoisotopic (exact) mass is 508 g/mol. The van der Waals surface area contributed by atoms with Crippen molar-refractivity contribution in [2.45, 2.75) is 40.3 Å². The Morgan fingerprint density at radius 1 is 0.974 bits per heavy atom. The number of carbonyl (C=O) groups excluding carboxylic acids is 2. The summed E-state index contributed by atoms with van der Waals surface area (Å²) in [6.45, 7) is 10.2. The van der Waals surface area contributed by atoms with Crippen molar-refractivity contribution in [1.82, 2.24) is 4.90 Å². The molecule has 194 valence electrons. The van der Waals surface area contributed by atoms with E-state index in [0.29, 0.717) is 5.58 Å². The van der Waals surface area contributed by atoms with Crippen molar-refractivity contribution < 1.29 is 19.1 Å². The zero-order chi connectivity index (χ0) is 27.0. The quantitative estimate of drug-likeness (QED) is 0.269. The number of ketones is 1. The molecule has 0 saturated heterocycles. The number of furan rings is 1. The van der Waals surface area contributed by atoms with Crippen molar-refractivity contribution in [3.8, 4) is 0 Å². The predicted octanol–water partition coefficient (Wildman–Crippen LogP) is 6.67. The highest BCUT2D eigenvalue weighted by molar-refractivity contribution is 6.16. The SMILES string of the molecule is CCN(CC)c1ccc(C2C(C(=O)c3cc4ccccc4o3)=C(O)C(=O)N2Cc2cc(C)ccc2C)cc1. The van der Waals surface area contributed by atoms with E-state index in [1.807, 2.05) is 74.5 Å². The molecular formula is C32H32N2O4. The van der Waals surface area contributed by atoms with Crippen LogP contribution in [0.25, 0.3) is 11.0 Å². The maximum Gasteiger partial charge on any atom is 0.290 e. The van der Waals surface area contributed by atoms with E-state index < -0.39 is 23.5 Å². The highest BCUT2D eigenvalue weighted by Crippen LogP contribution is 2.41. The van der Waals surface area contributed by atoms with E-state index in [2.05, 4.69) is 18.7 Å². The van der Waals surface area contributed by atoms with Crippen LogP contribution in [0.1, 0.15) is 52.7 Å². The molecule has 0 bridgehead atoms. The average Bonchev–Trinajstić information content (AvgIpc) is 3.46. The Labute approximate surface area is 222 Å². The number of anilines is 1. The third-order valence-corrected chi connectivity index (χ3v) is 7.38. The van der Waals surface area contributed by atoms with E-state index >= 15 is 0 Å². The van der Waals surface area contributed by atoms with Crippen LogP contribution in [0.4, 0.5) is 5.69 Å². The van der Waals surface area contributed by atoms with Crippen LogP contribution in [0.3, 0.4) is 0 Å². The van der Waals surface area contributed by atoms with Crippen LogP contribution in [-0.4, -0.2) is 34.8 Å². The molecule has 6 heteroatoms. The fourth-order valence-corrected chi connectivity index (χ4v) is 5.23. The standard InChI is InChI=1S/C32H32N2O4/c1-5-33(6-2)25-15-13-22(14-16-25)29-28(30(35)27-18-23-9-7-8-10-26(23)38-27)31(36)32(37)34(29)19-24-17-20(3)11-12-21(24)4/h7-18,29,36H,5-6,19H2,1-4H3. The molecule has 4 aromatic rings. The summed E-state index contributed by atoms with van der Waals surface area (Å²) in [5.41, 5.74) is 5.50. The summed E-state index contributed by atoms with van der Waals surface area (Å²) in [7, 11) is 0. The predicted molar refractivity (Wildman–Crippen MR) is 149 cm³/mol. The third-order valence-electron chi connectivity index (χ3n) is 7.38. The number of aliphatic hydroxyl groups is 1. The molecule has 0 saturated carbocycles. The van der Waals surface area contributed by atoms with Crippen molar-refractivity contribution in [2.75, 3.05) is 18.0 Å². The van der Waals surface area contributed by atoms with E-state index in [-0.39, 0.29) is 17.9 Å². The van der Waals surface area contributed by atoms with E-state index in [1.54, 1.807) is 17.0 Å². The first-order valence-electron chi connectivity index (χ1n) is 13.0. The molecule has 1 N–H and O–H groups in total. The smallest absolute Gasteiger partial charge is 0.290 e. The highest BCUT2D eigenvalue weighted by Gasteiger charge is 2.44. The summed E-state index contributed by atoms with van der Waals surface area (Å²) < 4.78 is 5.85.